The van der Waals surface area contributed by atoms with E-state index >= 15 is 4.39 Å². The highest BCUT2D eigenvalue weighted by Crippen LogP contribution is 2.61. The van der Waals surface area contributed by atoms with Crippen LogP contribution in [0.5, 0.6) is 0 Å². The zero-order chi connectivity index (χ0) is 31.3. The van der Waals surface area contributed by atoms with Crippen LogP contribution in [0.25, 0.3) is 22.3 Å². The molecule has 8 rings (SSSR count). The van der Waals surface area contributed by atoms with Gasteiger partial charge in [-0.25, -0.2) is 38.9 Å². The van der Waals surface area contributed by atoms with Crippen LogP contribution in [-0.4, -0.2) is 99.9 Å². The molecule has 4 aliphatic heterocycles. The van der Waals surface area contributed by atoms with Crippen LogP contribution in [-0.2, 0) is 48.7 Å². The summed E-state index contributed by atoms with van der Waals surface area (Å²) in [6, 6.07) is 0. The number of rotatable bonds is 2. The third kappa shape index (κ3) is 4.86. The monoisotopic (exact) mass is 704 g/mol. The van der Waals surface area contributed by atoms with Gasteiger partial charge in [0.05, 0.1) is 32.5 Å². The first-order valence-electron chi connectivity index (χ1n) is 13.2. The van der Waals surface area contributed by atoms with Gasteiger partial charge in [0.1, 0.15) is 53.7 Å². The summed E-state index contributed by atoms with van der Waals surface area (Å²) in [4.78, 5) is 35.8. The lowest BCUT2D eigenvalue weighted by atomic mass is 10.0. The summed E-state index contributed by atoms with van der Waals surface area (Å²) in [6.45, 7) is -9.69. The van der Waals surface area contributed by atoms with E-state index in [0.717, 1.165) is 0 Å². The molecule has 4 aliphatic rings. The first-order chi connectivity index (χ1) is 21.5. The van der Waals surface area contributed by atoms with Crippen molar-refractivity contribution < 1.29 is 46.2 Å². The highest BCUT2D eigenvalue weighted by molar-refractivity contribution is 8.44. The number of hydrogen-bond acceptors (Lipinski definition) is 17. The number of fused-ring (bicyclic) bond motifs is 4. The summed E-state index contributed by atoms with van der Waals surface area (Å²) >= 11 is 9.46. The Morgan fingerprint density at radius 1 is 0.956 bits per heavy atom. The van der Waals surface area contributed by atoms with Gasteiger partial charge in [-0.1, -0.05) is 12.2 Å². The molecule has 240 valence electrons. The van der Waals surface area contributed by atoms with E-state index in [9.17, 15) is 9.46 Å². The largest absolute Gasteiger partial charge is 0.386 e. The van der Waals surface area contributed by atoms with Gasteiger partial charge >= 0.3 is 13.5 Å². The predicted octanol–water partition coefficient (Wildman–Crippen LogP) is 0.804. The molecule has 0 saturated carbocycles. The number of alkyl halides is 1. The Labute approximate surface area is 261 Å². The van der Waals surface area contributed by atoms with Crippen molar-refractivity contribution in [3.8, 4) is 0 Å². The molecular weight excluding hydrogens is 681 g/mol. The zero-order valence-corrected chi connectivity index (χ0v) is 26.0. The van der Waals surface area contributed by atoms with Crippen LogP contribution < -0.4 is 11.5 Å². The Balaban J connectivity index is 1.14. The molecule has 0 amide bonds. The number of hydrogen-bond donors (Lipinski definition) is 4. The van der Waals surface area contributed by atoms with Crippen molar-refractivity contribution >= 4 is 71.5 Å². The molecule has 10 atom stereocenters. The lowest BCUT2D eigenvalue weighted by molar-refractivity contribution is -0.182. The van der Waals surface area contributed by atoms with Crippen LogP contribution >= 0.6 is 25.8 Å². The molecular formula is C21H23FN10O9P2S2. The van der Waals surface area contributed by atoms with E-state index in [1.807, 2.05) is 0 Å². The molecule has 4 aromatic rings. The van der Waals surface area contributed by atoms with Crippen molar-refractivity contribution in [1.29, 1.82) is 0 Å². The van der Waals surface area contributed by atoms with Crippen LogP contribution in [0.15, 0.2) is 25.3 Å². The van der Waals surface area contributed by atoms with Gasteiger partial charge in [0.15, 0.2) is 41.6 Å². The molecule has 0 aromatic carbocycles. The van der Waals surface area contributed by atoms with Crippen molar-refractivity contribution in [3.05, 3.63) is 25.3 Å². The lowest BCUT2D eigenvalue weighted by Gasteiger charge is -2.33. The standard InChI is InChI=1S/C21H23FN10O9P2S2/c22-9-8-1-36-42(33,44)41-14-13-20(32-7-30-11-16(24)26-5-28-18(11)32)39-21(14,2-35-13)3-37-43(34,45)40-12(9)19(38-8)31-6-29-10-15(23)25-4-27-17(10)31/h4-9,12-14,19-20H,1-3H2,(H,33,44)(H,34,45)(H2,23,25,27)(H2,24,26,28)/t8?,9-,12-,13-,14+,19-,20-,21-,42?,43?/m1/s1. The minimum absolute atomic E-state index is 0.0785. The minimum Gasteiger partial charge on any atom is -0.382 e. The van der Waals surface area contributed by atoms with Crippen molar-refractivity contribution in [2.45, 2.75) is 48.6 Å². The number of imidazole rings is 2. The van der Waals surface area contributed by atoms with Crippen molar-refractivity contribution in [3.63, 3.8) is 0 Å². The molecule has 5 N–H and O–H groups in total. The molecule has 4 fully saturated rings. The van der Waals surface area contributed by atoms with Crippen LogP contribution in [0, 0.1) is 0 Å². The zero-order valence-electron chi connectivity index (χ0n) is 22.5. The maximum absolute atomic E-state index is 15.9. The van der Waals surface area contributed by atoms with Gasteiger partial charge in [-0.3, -0.25) is 22.7 Å². The smallest absolute Gasteiger partial charge is 0.382 e. The number of thiol groups is 1. The maximum atomic E-state index is 15.9. The van der Waals surface area contributed by atoms with Gasteiger partial charge < -0.3 is 35.1 Å². The first-order valence-corrected chi connectivity index (χ1v) is 18.5. The Kier molecular flexibility index (Phi) is 7.00. The molecule has 4 aromatic heterocycles. The maximum Gasteiger partial charge on any atom is 0.386 e. The highest BCUT2D eigenvalue weighted by atomic mass is 32.7. The molecule has 24 heteroatoms. The second kappa shape index (κ2) is 10.5. The number of anilines is 2. The summed E-state index contributed by atoms with van der Waals surface area (Å²) < 4.78 is 73.8. The van der Waals surface area contributed by atoms with E-state index in [2.05, 4.69) is 42.2 Å². The van der Waals surface area contributed by atoms with Crippen molar-refractivity contribution in [2.24, 2.45) is 0 Å². The lowest BCUT2D eigenvalue weighted by Crippen LogP contribution is -2.45. The van der Waals surface area contributed by atoms with Crippen LogP contribution in [0.1, 0.15) is 12.5 Å². The third-order valence-electron chi connectivity index (χ3n) is 7.94. The fourth-order valence-electron chi connectivity index (χ4n) is 5.87. The number of nitrogen functional groups attached to an aromatic ring is 2. The van der Waals surface area contributed by atoms with Gasteiger partial charge in [0.2, 0.25) is 0 Å². The van der Waals surface area contributed by atoms with Crippen LogP contribution in [0.3, 0.4) is 0 Å². The molecule has 0 aliphatic carbocycles. The summed E-state index contributed by atoms with van der Waals surface area (Å²) in [6.07, 6.45) is -3.96. The fraction of sp³-hybridized carbons (Fsp3) is 0.524. The van der Waals surface area contributed by atoms with Crippen molar-refractivity contribution in [2.75, 3.05) is 31.3 Å². The number of nitrogens with two attached hydrogens (primary N) is 2. The molecule has 4 saturated heterocycles. The van der Waals surface area contributed by atoms with E-state index in [4.69, 9.17) is 55.6 Å². The minimum atomic E-state index is -4.37. The quantitative estimate of drug-likeness (QED) is 0.167. The molecule has 0 spiro atoms. The number of halogens is 1. The molecule has 45 heavy (non-hydrogen) atoms. The molecule has 0 radical (unpaired) electrons. The summed E-state index contributed by atoms with van der Waals surface area (Å²) in [5.74, 6) is 0.228. The van der Waals surface area contributed by atoms with Crippen LogP contribution in [0.2, 0.25) is 0 Å². The Morgan fingerprint density at radius 2 is 1.60 bits per heavy atom. The van der Waals surface area contributed by atoms with Gasteiger partial charge in [0.25, 0.3) is 0 Å². The summed E-state index contributed by atoms with van der Waals surface area (Å²) in [5.41, 5.74) is 11.4. The fourth-order valence-corrected chi connectivity index (χ4v) is 8.80. The summed E-state index contributed by atoms with van der Waals surface area (Å²) in [7, 11) is 0. The normalized spacial score (nSPS) is 40.3. The predicted molar refractivity (Wildman–Crippen MR) is 156 cm³/mol. The van der Waals surface area contributed by atoms with Crippen molar-refractivity contribution in [1.82, 2.24) is 39.0 Å². The van der Waals surface area contributed by atoms with E-state index in [1.165, 1.54) is 29.9 Å². The number of aromatic nitrogens is 8. The second-order valence-electron chi connectivity index (χ2n) is 10.6. The van der Waals surface area contributed by atoms with Gasteiger partial charge in [-0.2, -0.15) is 0 Å². The molecule has 4 bridgehead atoms. The van der Waals surface area contributed by atoms with E-state index in [-0.39, 0.29) is 29.4 Å². The Morgan fingerprint density at radius 3 is 2.27 bits per heavy atom. The highest BCUT2D eigenvalue weighted by Gasteiger charge is 2.65. The van der Waals surface area contributed by atoms with Crippen LogP contribution in [0.4, 0.5) is 16.0 Å². The van der Waals surface area contributed by atoms with Gasteiger partial charge in [-0.05, 0) is 11.8 Å². The van der Waals surface area contributed by atoms with E-state index in [0.29, 0.717) is 11.2 Å². The molecule has 19 nitrogen and oxygen atoms in total. The third-order valence-corrected chi connectivity index (χ3v) is 11.1. The SMILES string of the molecule is Nc1ncnc2c1ncn2[C@@H]1OC2COP(O)(=S)O[C@H]3[C@H]4OC[C@]3(COP(=O)(S)O[C@@H]1[C@@H]2F)O[C@H]4n1cnc2c(N)ncnc21. The number of ether oxygens (including phenoxy) is 3. The average molecular weight is 705 g/mol. The first kappa shape index (κ1) is 29.9. The van der Waals surface area contributed by atoms with Gasteiger partial charge in [-0.15, -0.1) is 0 Å². The van der Waals surface area contributed by atoms with E-state index < -0.39 is 75.4 Å². The molecule has 3 unspecified atom stereocenters. The topological polar surface area (TPSA) is 241 Å². The number of nitrogens with zero attached hydrogens (tertiary/aromatic N) is 8. The summed E-state index contributed by atoms with van der Waals surface area (Å²) in [5, 5.41) is 0. The average Bonchev–Trinajstić information content (AvgIpc) is 3.80. The Hall–Kier alpha value is -2.46. The second-order valence-corrected chi connectivity index (χ2v) is 16.3. The Bertz CT molecular complexity index is 1920. The molecule has 8 heterocycles. The van der Waals surface area contributed by atoms with Gasteiger partial charge in [0, 0.05) is 0 Å². The van der Waals surface area contributed by atoms with E-state index in [1.54, 1.807) is 4.57 Å².